The van der Waals surface area contributed by atoms with Gasteiger partial charge in [-0.2, -0.15) is 0 Å². The van der Waals surface area contributed by atoms with Gasteiger partial charge in [0.2, 0.25) is 0 Å². The highest BCUT2D eigenvalue weighted by atomic mass is 16.5. The molecule has 4 aromatic rings. The Morgan fingerprint density at radius 1 is 1.04 bits per heavy atom. The van der Waals surface area contributed by atoms with E-state index in [0.29, 0.717) is 6.61 Å². The van der Waals surface area contributed by atoms with Crippen LogP contribution in [0.25, 0.3) is 21.5 Å². The second-order valence-electron chi connectivity index (χ2n) is 6.79. The lowest BCUT2D eigenvalue weighted by Crippen LogP contribution is -2.06. The van der Waals surface area contributed by atoms with Gasteiger partial charge in [0.25, 0.3) is 0 Å². The van der Waals surface area contributed by atoms with E-state index in [9.17, 15) is 4.79 Å². The minimum Gasteiger partial charge on any atom is -0.466 e. The van der Waals surface area contributed by atoms with E-state index in [1.165, 1.54) is 34.0 Å². The van der Waals surface area contributed by atoms with Crippen LogP contribution in [0.4, 0.5) is 0 Å². The molecule has 1 heterocycles. The molecule has 0 aliphatic carbocycles. The van der Waals surface area contributed by atoms with Crippen LogP contribution in [0.3, 0.4) is 0 Å². The molecule has 0 atom stereocenters. The summed E-state index contributed by atoms with van der Waals surface area (Å²) in [6.45, 7) is 2.66. The Bertz CT molecular complexity index is 1100. The minimum absolute atomic E-state index is 0.230. The molecule has 27 heavy (non-hydrogen) atoms. The Kier molecular flexibility index (Phi) is 4.88. The second kappa shape index (κ2) is 7.62. The molecule has 0 N–H and O–H groups in total. The summed E-state index contributed by atoms with van der Waals surface area (Å²) in [6.07, 6.45) is 5.40. The normalized spacial score (nSPS) is 11.1. The molecule has 0 radical (unpaired) electrons. The van der Waals surface area contributed by atoms with Crippen LogP contribution in [0.1, 0.15) is 24.6 Å². The van der Waals surface area contributed by atoms with Crippen molar-refractivity contribution in [3.05, 3.63) is 78.4 Å². The van der Waals surface area contributed by atoms with Crippen LogP contribution in [0.2, 0.25) is 0 Å². The van der Waals surface area contributed by atoms with Crippen molar-refractivity contribution in [2.75, 3.05) is 6.61 Å². The van der Waals surface area contributed by atoms with E-state index >= 15 is 0 Å². The highest BCUT2D eigenvalue weighted by Crippen LogP contribution is 2.26. The summed E-state index contributed by atoms with van der Waals surface area (Å²) in [5.41, 5.74) is 2.43. The van der Waals surface area contributed by atoms with Crippen LogP contribution in [-0.2, 0) is 22.5 Å². The number of aryl methyl sites for hydroxylation is 1. The Hall–Kier alpha value is -3.14. The molecular formula is C23H22N2O2. The van der Waals surface area contributed by atoms with Crippen LogP contribution >= 0.6 is 0 Å². The van der Waals surface area contributed by atoms with Gasteiger partial charge in [-0.15, -0.1) is 0 Å². The summed E-state index contributed by atoms with van der Waals surface area (Å²) < 4.78 is 7.21. The van der Waals surface area contributed by atoms with Crippen LogP contribution < -0.4 is 0 Å². The number of esters is 1. The average Bonchev–Trinajstić information content (AvgIpc) is 3.11. The first-order chi connectivity index (χ1) is 13.2. The first kappa shape index (κ1) is 17.3. The highest BCUT2D eigenvalue weighted by Gasteiger charge is 2.07. The molecule has 0 saturated heterocycles. The molecule has 4 heteroatoms. The first-order valence-corrected chi connectivity index (χ1v) is 9.23. The van der Waals surface area contributed by atoms with E-state index in [1.807, 2.05) is 12.5 Å². The van der Waals surface area contributed by atoms with E-state index in [0.717, 1.165) is 25.1 Å². The molecule has 0 saturated carbocycles. The molecule has 0 amide bonds. The number of aromatic nitrogens is 2. The Labute approximate surface area is 158 Å². The molecule has 0 aliphatic rings. The largest absolute Gasteiger partial charge is 0.466 e. The fourth-order valence-electron chi connectivity index (χ4n) is 3.52. The molecule has 0 bridgehead atoms. The molecular weight excluding hydrogens is 336 g/mol. The van der Waals surface area contributed by atoms with Gasteiger partial charge in [-0.05, 0) is 52.1 Å². The van der Waals surface area contributed by atoms with Crippen LogP contribution in [0.15, 0.2) is 67.1 Å². The molecule has 0 unspecified atom stereocenters. The van der Waals surface area contributed by atoms with Crippen molar-refractivity contribution in [1.29, 1.82) is 0 Å². The molecule has 136 valence electrons. The Morgan fingerprint density at radius 3 is 2.63 bits per heavy atom. The van der Waals surface area contributed by atoms with Gasteiger partial charge in [-0.3, -0.25) is 4.79 Å². The number of rotatable bonds is 6. The number of imidazole rings is 1. The monoisotopic (exact) mass is 358 g/mol. The summed E-state index contributed by atoms with van der Waals surface area (Å²) in [6, 6.07) is 19.4. The van der Waals surface area contributed by atoms with Gasteiger partial charge in [0.15, 0.2) is 0 Å². The third-order valence-corrected chi connectivity index (χ3v) is 4.86. The van der Waals surface area contributed by atoms with E-state index in [2.05, 4.69) is 64.1 Å². The third kappa shape index (κ3) is 3.85. The van der Waals surface area contributed by atoms with Crippen LogP contribution in [0.5, 0.6) is 0 Å². The topological polar surface area (TPSA) is 44.1 Å². The molecule has 3 aromatic carbocycles. The predicted octanol–water partition coefficient (Wildman–Crippen LogP) is 4.73. The van der Waals surface area contributed by atoms with Gasteiger partial charge in [0, 0.05) is 25.4 Å². The van der Waals surface area contributed by atoms with Gasteiger partial charge in [-0.1, -0.05) is 42.5 Å². The number of benzene rings is 3. The maximum absolute atomic E-state index is 10.9. The van der Waals surface area contributed by atoms with Crippen molar-refractivity contribution in [3.8, 4) is 0 Å². The number of hydrogen-bond acceptors (Lipinski definition) is 3. The van der Waals surface area contributed by atoms with Crippen LogP contribution in [-0.4, -0.2) is 22.1 Å². The number of hydrogen-bond donors (Lipinski definition) is 0. The van der Waals surface area contributed by atoms with Crippen molar-refractivity contribution in [2.24, 2.45) is 0 Å². The van der Waals surface area contributed by atoms with E-state index in [1.54, 1.807) is 0 Å². The maximum Gasteiger partial charge on any atom is 0.302 e. The SMILES string of the molecule is CC(=O)OCCCc1cncn1Cc1cccc2cc3ccccc3cc12. The van der Waals surface area contributed by atoms with Crippen molar-refractivity contribution < 1.29 is 9.53 Å². The molecule has 4 nitrogen and oxygen atoms in total. The lowest BCUT2D eigenvalue weighted by Gasteiger charge is -2.12. The van der Waals surface area contributed by atoms with E-state index in [-0.39, 0.29) is 5.97 Å². The molecule has 1 aromatic heterocycles. The first-order valence-electron chi connectivity index (χ1n) is 9.23. The lowest BCUT2D eigenvalue weighted by atomic mass is 9.99. The zero-order valence-electron chi connectivity index (χ0n) is 15.4. The van der Waals surface area contributed by atoms with Crippen molar-refractivity contribution >= 4 is 27.5 Å². The van der Waals surface area contributed by atoms with Crippen molar-refractivity contribution in [3.63, 3.8) is 0 Å². The Morgan fingerprint density at radius 2 is 1.81 bits per heavy atom. The fraction of sp³-hybridized carbons (Fsp3) is 0.217. The number of carbonyl (C=O) groups excluding carboxylic acids is 1. The number of fused-ring (bicyclic) bond motifs is 2. The summed E-state index contributed by atoms with van der Waals surface area (Å²) in [4.78, 5) is 15.2. The quantitative estimate of drug-likeness (QED) is 0.284. The summed E-state index contributed by atoms with van der Waals surface area (Å²) in [5.74, 6) is -0.230. The third-order valence-electron chi connectivity index (χ3n) is 4.86. The summed E-state index contributed by atoms with van der Waals surface area (Å²) >= 11 is 0. The van der Waals surface area contributed by atoms with Gasteiger partial charge < -0.3 is 9.30 Å². The lowest BCUT2D eigenvalue weighted by molar-refractivity contribution is -0.141. The standard InChI is InChI=1S/C23H22N2O2/c1-17(26)27-11-5-10-22-14-24-16-25(22)15-21-9-4-8-20-12-18-6-2-3-7-19(18)13-23(20)21/h2-4,6-9,12-14,16H,5,10-11,15H2,1H3. The van der Waals surface area contributed by atoms with Gasteiger partial charge >= 0.3 is 5.97 Å². The smallest absolute Gasteiger partial charge is 0.302 e. The second-order valence-corrected chi connectivity index (χ2v) is 6.79. The fourth-order valence-corrected chi connectivity index (χ4v) is 3.52. The summed E-state index contributed by atoms with van der Waals surface area (Å²) in [5, 5.41) is 5.04. The highest BCUT2D eigenvalue weighted by molar-refractivity contribution is 5.99. The van der Waals surface area contributed by atoms with Gasteiger partial charge in [-0.25, -0.2) is 4.98 Å². The number of carbonyl (C=O) groups is 1. The average molecular weight is 358 g/mol. The number of ether oxygens (including phenoxy) is 1. The van der Waals surface area contributed by atoms with Gasteiger partial charge in [0.05, 0.1) is 12.9 Å². The predicted molar refractivity (Wildman–Crippen MR) is 108 cm³/mol. The minimum atomic E-state index is -0.230. The molecule has 0 fully saturated rings. The number of nitrogens with zero attached hydrogens (tertiary/aromatic N) is 2. The van der Waals surface area contributed by atoms with Crippen molar-refractivity contribution in [1.82, 2.24) is 9.55 Å². The summed E-state index contributed by atoms with van der Waals surface area (Å²) in [7, 11) is 0. The van der Waals surface area contributed by atoms with Crippen molar-refractivity contribution in [2.45, 2.75) is 26.3 Å². The van der Waals surface area contributed by atoms with Crippen LogP contribution in [0, 0.1) is 0 Å². The zero-order chi connectivity index (χ0) is 18.6. The molecule has 0 aliphatic heterocycles. The zero-order valence-corrected chi connectivity index (χ0v) is 15.4. The molecule has 4 rings (SSSR count). The molecule has 0 spiro atoms. The van der Waals surface area contributed by atoms with E-state index in [4.69, 9.17) is 4.74 Å². The van der Waals surface area contributed by atoms with E-state index < -0.39 is 0 Å². The Balaban J connectivity index is 1.60. The maximum atomic E-state index is 10.9. The van der Waals surface area contributed by atoms with Gasteiger partial charge in [0.1, 0.15) is 0 Å².